The number of pyridine rings is 1. The lowest BCUT2D eigenvalue weighted by atomic mass is 10.0. The van der Waals surface area contributed by atoms with Gasteiger partial charge in [-0.3, -0.25) is 9.59 Å². The third kappa shape index (κ3) is 1.19. The van der Waals surface area contributed by atoms with Crippen molar-refractivity contribution >= 4 is 5.78 Å². The van der Waals surface area contributed by atoms with Crippen LogP contribution in [0.3, 0.4) is 0 Å². The Kier molecular flexibility index (Phi) is 1.99. The molecule has 0 aliphatic heterocycles. The van der Waals surface area contributed by atoms with Crippen LogP contribution in [0.25, 0.3) is 11.1 Å². The molecule has 1 aliphatic rings. The zero-order valence-corrected chi connectivity index (χ0v) is 9.60. The molecule has 3 rings (SSSR count). The van der Waals surface area contributed by atoms with E-state index in [-0.39, 0.29) is 11.3 Å². The van der Waals surface area contributed by atoms with Gasteiger partial charge in [-0.25, -0.2) is 0 Å². The van der Waals surface area contributed by atoms with E-state index < -0.39 is 0 Å². The summed E-state index contributed by atoms with van der Waals surface area (Å²) >= 11 is 0. The van der Waals surface area contributed by atoms with Crippen molar-refractivity contribution in [2.24, 2.45) is 7.05 Å². The first-order valence-electron chi connectivity index (χ1n) is 5.42. The lowest BCUT2D eigenvalue weighted by Gasteiger charge is -2.03. The van der Waals surface area contributed by atoms with Crippen molar-refractivity contribution in [1.29, 1.82) is 5.26 Å². The molecular weight excluding hydrogens is 228 g/mol. The van der Waals surface area contributed by atoms with Gasteiger partial charge in [-0.15, -0.1) is 0 Å². The maximum atomic E-state index is 12.2. The van der Waals surface area contributed by atoms with Gasteiger partial charge in [0.05, 0.1) is 17.3 Å². The third-order valence-electron chi connectivity index (χ3n) is 3.21. The minimum atomic E-state index is -0.213. The summed E-state index contributed by atoms with van der Waals surface area (Å²) in [6, 6.07) is 10.1. The largest absolute Gasteiger partial charge is 0.308 e. The average molecular weight is 236 g/mol. The minimum Gasteiger partial charge on any atom is -0.308 e. The third-order valence-corrected chi connectivity index (χ3v) is 3.21. The Bertz CT molecular complexity index is 794. The van der Waals surface area contributed by atoms with Gasteiger partial charge in [-0.2, -0.15) is 5.26 Å². The molecule has 1 aliphatic carbocycles. The van der Waals surface area contributed by atoms with Crippen LogP contribution in [0.4, 0.5) is 0 Å². The molecule has 2 aromatic rings. The highest BCUT2D eigenvalue weighted by molar-refractivity contribution is 6.20. The molecule has 4 heteroatoms. The SMILES string of the molecule is Cn1c2c(ccc1=O)-c1cc(C#N)ccc1C2=O. The Hall–Kier alpha value is -2.67. The topological polar surface area (TPSA) is 62.9 Å². The molecule has 0 amide bonds. The molecule has 0 bridgehead atoms. The van der Waals surface area contributed by atoms with Crippen molar-refractivity contribution in [3.63, 3.8) is 0 Å². The first kappa shape index (κ1) is 10.5. The molecule has 0 atom stereocenters. The van der Waals surface area contributed by atoms with E-state index in [4.69, 9.17) is 5.26 Å². The molecule has 1 aromatic heterocycles. The van der Waals surface area contributed by atoms with E-state index >= 15 is 0 Å². The van der Waals surface area contributed by atoms with Gasteiger partial charge in [0.2, 0.25) is 5.78 Å². The van der Waals surface area contributed by atoms with Crippen molar-refractivity contribution in [3.8, 4) is 17.2 Å². The predicted molar refractivity (Wildman–Crippen MR) is 65.3 cm³/mol. The van der Waals surface area contributed by atoms with Gasteiger partial charge in [0.25, 0.3) is 5.56 Å². The fourth-order valence-electron chi connectivity index (χ4n) is 2.29. The summed E-state index contributed by atoms with van der Waals surface area (Å²) in [7, 11) is 1.58. The zero-order chi connectivity index (χ0) is 12.9. The number of ketones is 1. The number of hydrogen-bond donors (Lipinski definition) is 0. The summed E-state index contributed by atoms with van der Waals surface area (Å²) in [5.41, 5.74) is 2.68. The Labute approximate surface area is 103 Å². The maximum absolute atomic E-state index is 12.2. The Morgan fingerprint density at radius 1 is 1.06 bits per heavy atom. The highest BCUT2D eigenvalue weighted by Crippen LogP contribution is 2.35. The first-order chi connectivity index (χ1) is 8.63. The van der Waals surface area contributed by atoms with E-state index in [2.05, 4.69) is 0 Å². The van der Waals surface area contributed by atoms with Gasteiger partial charge in [-0.1, -0.05) is 0 Å². The van der Waals surface area contributed by atoms with Gasteiger partial charge >= 0.3 is 0 Å². The predicted octanol–water partition coefficient (Wildman–Crippen LogP) is 1.47. The Morgan fingerprint density at radius 3 is 2.50 bits per heavy atom. The molecule has 1 heterocycles. The molecule has 0 saturated heterocycles. The fourth-order valence-corrected chi connectivity index (χ4v) is 2.29. The van der Waals surface area contributed by atoms with Crippen LogP contribution in [0.15, 0.2) is 35.1 Å². The van der Waals surface area contributed by atoms with Gasteiger partial charge in [-0.05, 0) is 29.8 Å². The van der Waals surface area contributed by atoms with E-state index in [1.54, 1.807) is 31.3 Å². The van der Waals surface area contributed by atoms with Crippen LogP contribution in [0.2, 0.25) is 0 Å². The molecule has 0 fully saturated rings. The number of benzene rings is 1. The smallest absolute Gasteiger partial charge is 0.250 e. The number of hydrogen-bond acceptors (Lipinski definition) is 3. The molecule has 0 N–H and O–H groups in total. The van der Waals surface area contributed by atoms with Crippen LogP contribution in [0.1, 0.15) is 21.6 Å². The molecule has 0 unspecified atom stereocenters. The zero-order valence-electron chi connectivity index (χ0n) is 9.60. The van der Waals surface area contributed by atoms with Crippen LogP contribution >= 0.6 is 0 Å². The maximum Gasteiger partial charge on any atom is 0.250 e. The van der Waals surface area contributed by atoms with Crippen LogP contribution < -0.4 is 5.56 Å². The summed E-state index contributed by atoms with van der Waals surface area (Å²) in [4.78, 5) is 23.8. The Morgan fingerprint density at radius 2 is 1.78 bits per heavy atom. The minimum absolute atomic E-state index is 0.162. The number of rotatable bonds is 0. The van der Waals surface area contributed by atoms with E-state index in [0.29, 0.717) is 22.4 Å². The van der Waals surface area contributed by atoms with Gasteiger partial charge in [0, 0.05) is 24.2 Å². The standard InChI is InChI=1S/C14H8N2O2/c1-16-12(17)5-4-9-11-6-8(7-15)2-3-10(11)14(18)13(9)16/h2-6H,1H3. The van der Waals surface area contributed by atoms with Crippen molar-refractivity contribution < 1.29 is 4.79 Å². The second-order valence-corrected chi connectivity index (χ2v) is 4.19. The molecule has 18 heavy (non-hydrogen) atoms. The van der Waals surface area contributed by atoms with Crippen molar-refractivity contribution in [3.05, 3.63) is 57.5 Å². The van der Waals surface area contributed by atoms with Crippen LogP contribution in [0, 0.1) is 11.3 Å². The molecule has 86 valence electrons. The molecule has 4 nitrogen and oxygen atoms in total. The summed E-state index contributed by atoms with van der Waals surface area (Å²) in [5.74, 6) is -0.162. The average Bonchev–Trinajstić information content (AvgIpc) is 2.67. The highest BCUT2D eigenvalue weighted by Gasteiger charge is 2.29. The van der Waals surface area contributed by atoms with Crippen molar-refractivity contribution in [2.45, 2.75) is 0 Å². The van der Waals surface area contributed by atoms with Gasteiger partial charge < -0.3 is 4.57 Å². The monoisotopic (exact) mass is 236 g/mol. The number of fused-ring (bicyclic) bond motifs is 3. The number of carbonyl (C=O) groups excluding carboxylic acids is 1. The van der Waals surface area contributed by atoms with Crippen molar-refractivity contribution in [1.82, 2.24) is 4.57 Å². The number of aromatic nitrogens is 1. The van der Waals surface area contributed by atoms with Gasteiger partial charge in [0.15, 0.2) is 0 Å². The number of nitriles is 1. The lowest BCUT2D eigenvalue weighted by Crippen LogP contribution is -2.20. The van der Waals surface area contributed by atoms with Crippen molar-refractivity contribution in [2.75, 3.05) is 0 Å². The highest BCUT2D eigenvalue weighted by atomic mass is 16.1. The van der Waals surface area contributed by atoms with Gasteiger partial charge in [0.1, 0.15) is 0 Å². The molecule has 0 spiro atoms. The quantitative estimate of drug-likeness (QED) is 0.593. The summed E-state index contributed by atoms with van der Waals surface area (Å²) < 4.78 is 1.35. The summed E-state index contributed by atoms with van der Waals surface area (Å²) in [6.07, 6.45) is 0. The summed E-state index contributed by atoms with van der Waals surface area (Å²) in [6.45, 7) is 0. The van der Waals surface area contributed by atoms with Crippen LogP contribution in [-0.2, 0) is 7.05 Å². The molecule has 1 aromatic carbocycles. The normalized spacial score (nSPS) is 11.9. The molecule has 0 saturated carbocycles. The van der Waals surface area contributed by atoms with Crippen LogP contribution in [-0.4, -0.2) is 10.4 Å². The fraction of sp³-hybridized carbons (Fsp3) is 0.0714. The second kappa shape index (κ2) is 3.41. The van der Waals surface area contributed by atoms with E-state index in [0.717, 1.165) is 5.56 Å². The summed E-state index contributed by atoms with van der Waals surface area (Å²) in [5, 5.41) is 8.89. The number of nitrogens with zero attached hydrogens (tertiary/aromatic N) is 2. The van der Waals surface area contributed by atoms with Crippen LogP contribution in [0.5, 0.6) is 0 Å². The first-order valence-corrected chi connectivity index (χ1v) is 5.42. The number of carbonyl (C=O) groups is 1. The van der Waals surface area contributed by atoms with E-state index in [9.17, 15) is 9.59 Å². The Balaban J connectivity index is 2.41. The molecule has 0 radical (unpaired) electrons. The second-order valence-electron chi connectivity index (χ2n) is 4.19. The van der Waals surface area contributed by atoms with E-state index in [1.807, 2.05) is 6.07 Å². The van der Waals surface area contributed by atoms with E-state index in [1.165, 1.54) is 10.6 Å². The molecular formula is C14H8N2O2. The lowest BCUT2D eigenvalue weighted by molar-refractivity contribution is 0.103.